The van der Waals surface area contributed by atoms with E-state index in [1.54, 1.807) is 38.3 Å². The number of rotatable bonds is 12. The van der Waals surface area contributed by atoms with Crippen molar-refractivity contribution in [3.63, 3.8) is 0 Å². The summed E-state index contributed by atoms with van der Waals surface area (Å²) in [5.41, 5.74) is -3.52. The van der Waals surface area contributed by atoms with Crippen molar-refractivity contribution in [2.45, 2.75) is 135 Å². The summed E-state index contributed by atoms with van der Waals surface area (Å²) in [5, 5.41) is 1.33. The topological polar surface area (TPSA) is 168 Å². The smallest absolute Gasteiger partial charge is 0.307 e. The fourth-order valence-corrected chi connectivity index (χ4v) is 9.79. The number of nitrogens with zero attached hydrogens (tertiary/aromatic N) is 2. The van der Waals surface area contributed by atoms with Crippen molar-refractivity contribution in [3.8, 4) is 17.5 Å². The van der Waals surface area contributed by atoms with E-state index in [0.29, 0.717) is 62.2 Å². The Morgan fingerprint density at radius 2 is 1.80 bits per heavy atom. The highest BCUT2D eigenvalue weighted by molar-refractivity contribution is 7.91. The largest absolute Gasteiger partial charge is 0.497 e. The number of esters is 1. The summed E-state index contributed by atoms with van der Waals surface area (Å²) in [6, 6.07) is 5.94. The van der Waals surface area contributed by atoms with Gasteiger partial charge in [-0.3, -0.25) is 23.9 Å². The van der Waals surface area contributed by atoms with Crippen LogP contribution in [-0.4, -0.2) is 90.5 Å². The van der Waals surface area contributed by atoms with Gasteiger partial charge in [-0.1, -0.05) is 26.0 Å². The molecule has 4 aliphatic rings. The Morgan fingerprint density at radius 3 is 2.45 bits per heavy atom. The van der Waals surface area contributed by atoms with Crippen molar-refractivity contribution in [1.29, 1.82) is 0 Å². The predicted octanol–water partition coefficient (Wildman–Crippen LogP) is 6.95. The number of carbonyl (C=O) groups is 4. The van der Waals surface area contributed by atoms with Gasteiger partial charge in [0, 0.05) is 31.2 Å². The quantitative estimate of drug-likeness (QED) is 0.173. The van der Waals surface area contributed by atoms with Gasteiger partial charge in [0.1, 0.15) is 11.9 Å². The summed E-state index contributed by atoms with van der Waals surface area (Å²) in [4.78, 5) is 63.3. The average molecular weight is 860 g/mol. The van der Waals surface area contributed by atoms with E-state index < -0.39 is 91.6 Å². The van der Waals surface area contributed by atoms with Crippen molar-refractivity contribution in [2.75, 3.05) is 20.3 Å². The Morgan fingerprint density at radius 1 is 1.08 bits per heavy atom. The molecule has 0 bridgehead atoms. The van der Waals surface area contributed by atoms with Crippen molar-refractivity contribution in [2.24, 2.45) is 29.1 Å². The molecule has 0 spiro atoms. The second kappa shape index (κ2) is 16.8. The molecule has 16 heteroatoms. The number of Topliss-reactive ketones (excluding diaryl/α,β-unsaturated/α-hetero) is 1. The molecule has 60 heavy (non-hydrogen) atoms. The minimum absolute atomic E-state index is 0.00558. The van der Waals surface area contributed by atoms with Crippen LogP contribution < -0.4 is 18.9 Å². The monoisotopic (exact) mass is 859 g/mol. The maximum atomic E-state index is 15.0. The van der Waals surface area contributed by atoms with Crippen LogP contribution in [0.4, 0.5) is 8.78 Å². The number of ether oxygens (including phenoxy) is 4. The average Bonchev–Trinajstić information content (AvgIpc) is 4.04. The van der Waals surface area contributed by atoms with Crippen LogP contribution in [0.1, 0.15) is 106 Å². The van der Waals surface area contributed by atoms with E-state index in [9.17, 15) is 36.4 Å². The fourth-order valence-electron chi connectivity index (χ4n) is 8.46. The Balaban J connectivity index is 1.37. The maximum absolute atomic E-state index is 15.0. The van der Waals surface area contributed by atoms with Crippen molar-refractivity contribution >= 4 is 44.4 Å². The van der Waals surface area contributed by atoms with Crippen molar-refractivity contribution in [1.82, 2.24) is 14.6 Å². The van der Waals surface area contributed by atoms with Gasteiger partial charge in [0.05, 0.1) is 48.8 Å². The number of benzene rings is 1. The third-order valence-electron chi connectivity index (χ3n) is 13.2. The van der Waals surface area contributed by atoms with Gasteiger partial charge in [-0.2, -0.15) is 4.98 Å². The summed E-state index contributed by atoms with van der Waals surface area (Å²) < 4.78 is 79.8. The van der Waals surface area contributed by atoms with Crippen LogP contribution >= 0.6 is 0 Å². The lowest BCUT2D eigenvalue weighted by Crippen LogP contribution is -2.49. The molecule has 6 rings (SSSR count). The van der Waals surface area contributed by atoms with Crippen LogP contribution in [0.2, 0.25) is 0 Å². The number of carbonyl (C=O) groups excluding carboxylic acids is 4. The molecule has 2 amide bonds. The molecule has 3 heterocycles. The van der Waals surface area contributed by atoms with E-state index in [0.717, 1.165) is 13.8 Å². The van der Waals surface area contributed by atoms with Gasteiger partial charge in [-0.15, -0.1) is 0 Å². The lowest BCUT2D eigenvalue weighted by atomic mass is 9.82. The first-order valence-electron chi connectivity index (χ1n) is 21.0. The Labute approximate surface area is 351 Å². The van der Waals surface area contributed by atoms with Gasteiger partial charge >= 0.3 is 5.97 Å². The number of hydrogen-bond acceptors (Lipinski definition) is 11. The minimum atomic E-state index is -4.02. The van der Waals surface area contributed by atoms with E-state index >= 15 is 0 Å². The molecule has 2 aromatic rings. The first kappa shape index (κ1) is 45.2. The highest BCUT2D eigenvalue weighted by atomic mass is 32.2. The van der Waals surface area contributed by atoms with Gasteiger partial charge < -0.3 is 23.8 Å². The number of aromatic nitrogens is 1. The highest BCUT2D eigenvalue weighted by Crippen LogP contribution is 2.58. The molecule has 330 valence electrons. The zero-order valence-corrected chi connectivity index (χ0v) is 36.7. The molecular formula is C44H59F2N3O10S. The Kier molecular flexibility index (Phi) is 12.7. The molecule has 13 nitrogen and oxygen atoms in total. The molecule has 3 fully saturated rings. The van der Waals surface area contributed by atoms with Crippen molar-refractivity contribution in [3.05, 3.63) is 36.4 Å². The first-order valence-corrected chi connectivity index (χ1v) is 22.5. The summed E-state index contributed by atoms with van der Waals surface area (Å²) in [6.45, 7) is 10.4. The van der Waals surface area contributed by atoms with Gasteiger partial charge in [-0.25, -0.2) is 17.2 Å². The second-order valence-corrected chi connectivity index (χ2v) is 20.5. The number of nitrogens with one attached hydrogen (secondary N) is 1. The van der Waals surface area contributed by atoms with Crippen LogP contribution in [0.15, 0.2) is 36.4 Å². The molecule has 2 saturated carbocycles. The number of amides is 2. The Bertz CT molecular complexity index is 2130. The van der Waals surface area contributed by atoms with Crippen LogP contribution in [0.25, 0.3) is 10.8 Å². The summed E-state index contributed by atoms with van der Waals surface area (Å²) >= 11 is 0. The number of sulfonamides is 1. The number of methoxy groups -OCH3 is 1. The molecule has 2 aliphatic carbocycles. The molecule has 1 saturated heterocycles. The maximum Gasteiger partial charge on any atom is 0.307 e. The second-order valence-electron chi connectivity index (χ2n) is 18.3. The number of allylic oxidation sites excluding steroid dienone is 2. The standard InChI is InChI=1S/C44H59F2N3O10S/c1-9-57-36-20-28-19-30(56-8)14-15-32(28)38(47-36)58-31-21-34-35(50)24-44(40(53)48-60(54,55)42(6)16-17-42)23-29(44)13-11-10-12-26(2)18-27(3)33(39(52)49(34)25-31)22-37(51)59-41(4,5)43(7,45)46/h11,13-15,19-20,26-27,29,31,33-34H,9-10,12,16-18,21-25H2,1-8H3,(H,48,53)/b13-11-/t26-,27+,29+,31+,33-,34-,44+/m0/s1. The van der Waals surface area contributed by atoms with Crippen LogP contribution in [0, 0.1) is 29.1 Å². The number of ketones is 1. The molecule has 1 N–H and O–H groups in total. The molecular weight excluding hydrogens is 801 g/mol. The van der Waals surface area contributed by atoms with Gasteiger partial charge in [0.25, 0.3) is 5.92 Å². The summed E-state index contributed by atoms with van der Waals surface area (Å²) in [6.07, 6.45) is 5.09. The van der Waals surface area contributed by atoms with Crippen LogP contribution in [0.5, 0.6) is 17.5 Å². The molecule has 7 atom stereocenters. The van der Waals surface area contributed by atoms with E-state index in [2.05, 4.69) is 9.71 Å². The van der Waals surface area contributed by atoms with Crippen LogP contribution in [-0.2, 0) is 33.9 Å². The minimum Gasteiger partial charge on any atom is -0.497 e. The van der Waals surface area contributed by atoms with Gasteiger partial charge in [-0.05, 0) is 108 Å². The molecule has 1 aromatic heterocycles. The first-order chi connectivity index (χ1) is 28.0. The zero-order chi connectivity index (χ0) is 44.0. The van der Waals surface area contributed by atoms with E-state index in [1.807, 2.05) is 32.9 Å². The Hall–Kier alpha value is -4.34. The predicted molar refractivity (Wildman–Crippen MR) is 219 cm³/mol. The zero-order valence-electron chi connectivity index (χ0n) is 35.8. The number of alkyl halides is 2. The van der Waals surface area contributed by atoms with E-state index in [4.69, 9.17) is 18.9 Å². The highest BCUT2D eigenvalue weighted by Gasteiger charge is 2.63. The molecule has 2 aliphatic heterocycles. The van der Waals surface area contributed by atoms with Crippen molar-refractivity contribution < 1.29 is 55.3 Å². The number of halogens is 2. The number of pyridine rings is 1. The third kappa shape index (κ3) is 9.42. The molecule has 1 aromatic carbocycles. The summed E-state index contributed by atoms with van der Waals surface area (Å²) in [7, 11) is -2.47. The summed E-state index contributed by atoms with van der Waals surface area (Å²) in [5.74, 6) is -6.87. The van der Waals surface area contributed by atoms with E-state index in [-0.39, 0.29) is 43.5 Å². The third-order valence-corrected chi connectivity index (χ3v) is 15.3. The normalized spacial score (nSPS) is 29.0. The number of fused-ring (bicyclic) bond motifs is 3. The molecule has 0 unspecified atom stereocenters. The van der Waals surface area contributed by atoms with Crippen LogP contribution in [0.3, 0.4) is 0 Å². The lowest BCUT2D eigenvalue weighted by Gasteiger charge is -2.34. The number of hydrogen-bond donors (Lipinski definition) is 1. The van der Waals surface area contributed by atoms with E-state index in [1.165, 1.54) is 4.90 Å². The fraction of sp³-hybridized carbons (Fsp3) is 0.659. The van der Waals surface area contributed by atoms with Gasteiger partial charge in [0.2, 0.25) is 33.6 Å². The lowest BCUT2D eigenvalue weighted by molar-refractivity contribution is -0.197. The SMILES string of the molecule is CCOc1cc2cc(OC)ccc2c(O[C@@H]2C[C@H]3C(=O)C[C@]4(C(=O)NS(=O)(=O)C5(C)CC5)C[C@H]4/C=C\CC[C@H](C)C[C@@H](C)[C@H](CC(=O)OC(C)(C)C(C)(F)F)C(=O)N3C2)n1. The molecule has 0 radical (unpaired) electrons. The van der Waals surface area contributed by atoms with Gasteiger partial charge in [0.15, 0.2) is 11.4 Å².